The Labute approximate surface area is 237 Å². The first-order chi connectivity index (χ1) is 17.4. The molecule has 0 saturated carbocycles. The third kappa shape index (κ3) is 8.35. The number of carbonyl (C=O) groups is 3. The Balaban J connectivity index is 2.55. The number of nitrogens with zero attached hydrogens (tertiary/aromatic N) is 1. The van der Waals surface area contributed by atoms with E-state index < -0.39 is 64.8 Å². The third-order valence-corrected chi connectivity index (χ3v) is 17.3. The first kappa shape index (κ1) is 33.9. The van der Waals surface area contributed by atoms with Crippen molar-refractivity contribution in [2.45, 2.75) is 148 Å². The van der Waals surface area contributed by atoms with E-state index in [0.29, 0.717) is 0 Å². The molecule has 2 saturated heterocycles. The summed E-state index contributed by atoms with van der Waals surface area (Å²) in [7, 11) is -4.76. The molecule has 0 aromatic carbocycles. The van der Waals surface area contributed by atoms with Gasteiger partial charge in [0.05, 0.1) is 6.10 Å². The summed E-state index contributed by atoms with van der Waals surface area (Å²) in [5.74, 6) is -0.850. The first-order valence-corrected chi connectivity index (χ1v) is 19.8. The van der Waals surface area contributed by atoms with Gasteiger partial charge in [-0.25, -0.2) is 4.79 Å². The largest absolute Gasteiger partial charge is 0.459 e. The van der Waals surface area contributed by atoms with Gasteiger partial charge in [-0.1, -0.05) is 41.5 Å². The molecule has 226 valence electrons. The van der Waals surface area contributed by atoms with Crippen molar-refractivity contribution in [2.75, 3.05) is 6.54 Å². The second-order valence-electron chi connectivity index (χ2n) is 14.9. The summed E-state index contributed by atoms with van der Waals surface area (Å²) in [4.78, 5) is 39.3. The molecule has 10 nitrogen and oxygen atoms in total. The van der Waals surface area contributed by atoms with E-state index in [4.69, 9.17) is 24.1 Å². The molecular weight excluding hydrogens is 534 g/mol. The van der Waals surface area contributed by atoms with Crippen LogP contribution in [-0.4, -0.2) is 82.2 Å². The molecule has 2 heterocycles. The van der Waals surface area contributed by atoms with Crippen molar-refractivity contribution < 1.29 is 32.7 Å². The summed E-state index contributed by atoms with van der Waals surface area (Å²) in [6.45, 7) is 27.1. The Bertz CT molecular complexity index is 922. The molecule has 3 N–H and O–H groups in total. The van der Waals surface area contributed by atoms with E-state index in [0.717, 1.165) is 0 Å². The van der Waals surface area contributed by atoms with Crippen LogP contribution >= 0.6 is 0 Å². The maximum atomic E-state index is 13.0. The first-order valence-electron chi connectivity index (χ1n) is 14.0. The Morgan fingerprint density at radius 3 is 1.90 bits per heavy atom. The predicted octanol–water partition coefficient (Wildman–Crippen LogP) is 4.49. The second-order valence-corrected chi connectivity index (χ2v) is 24.4. The molecule has 0 aromatic heterocycles. The topological polar surface area (TPSA) is 129 Å². The maximum Gasteiger partial charge on any atom is 0.326 e. The average Bonchev–Trinajstić information content (AvgIpc) is 3.00. The summed E-state index contributed by atoms with van der Waals surface area (Å²) in [5, 5.41) is 2.17. The summed E-state index contributed by atoms with van der Waals surface area (Å²) in [5.41, 5.74) is 5.68. The summed E-state index contributed by atoms with van der Waals surface area (Å²) in [6.07, 6.45) is -2.35. The number of nitrogens with two attached hydrogens (primary N) is 1. The van der Waals surface area contributed by atoms with Gasteiger partial charge in [0.1, 0.15) is 23.9 Å². The Morgan fingerprint density at radius 1 is 0.974 bits per heavy atom. The van der Waals surface area contributed by atoms with E-state index in [2.05, 4.69) is 73.0 Å². The number of imide groups is 1. The maximum absolute atomic E-state index is 13.0. The Morgan fingerprint density at radius 2 is 1.46 bits per heavy atom. The molecule has 0 unspecified atom stereocenters. The van der Waals surface area contributed by atoms with Gasteiger partial charge in [0.25, 0.3) is 0 Å². The van der Waals surface area contributed by atoms with Gasteiger partial charge in [-0.2, -0.15) is 0 Å². The highest BCUT2D eigenvalue weighted by molar-refractivity contribution is 6.74. The molecule has 2 fully saturated rings. The zero-order chi connectivity index (χ0) is 30.4. The number of ether oxygens (including phenoxy) is 2. The van der Waals surface area contributed by atoms with Gasteiger partial charge in [-0.3, -0.25) is 19.8 Å². The van der Waals surface area contributed by atoms with Crippen LogP contribution in [0.2, 0.25) is 36.3 Å². The fourth-order valence-corrected chi connectivity index (χ4v) is 6.60. The smallest absolute Gasteiger partial charge is 0.326 e. The lowest BCUT2D eigenvalue weighted by molar-refractivity contribution is -0.158. The molecule has 0 bridgehead atoms. The molecule has 2 aliphatic rings. The quantitative estimate of drug-likeness (QED) is 0.314. The monoisotopic (exact) mass is 587 g/mol. The molecule has 12 heteroatoms. The highest BCUT2D eigenvalue weighted by Gasteiger charge is 2.56. The lowest BCUT2D eigenvalue weighted by atomic mass is 10.0. The van der Waals surface area contributed by atoms with Crippen molar-refractivity contribution in [1.29, 1.82) is 0 Å². The van der Waals surface area contributed by atoms with Crippen LogP contribution in [0, 0.1) is 0 Å². The zero-order valence-corrected chi connectivity index (χ0v) is 28.4. The average molecular weight is 588 g/mol. The van der Waals surface area contributed by atoms with E-state index in [1.807, 2.05) is 0 Å². The number of hydrogen-bond acceptors (Lipinski definition) is 8. The number of amides is 3. The number of rotatable bonds is 8. The van der Waals surface area contributed by atoms with E-state index in [-0.39, 0.29) is 35.4 Å². The highest BCUT2D eigenvalue weighted by Crippen LogP contribution is 2.44. The summed E-state index contributed by atoms with van der Waals surface area (Å²) < 4.78 is 26.1. The number of esters is 1. The minimum Gasteiger partial charge on any atom is -0.459 e. The lowest BCUT2D eigenvalue weighted by Gasteiger charge is -2.45. The predicted molar refractivity (Wildman–Crippen MR) is 156 cm³/mol. The van der Waals surface area contributed by atoms with Crippen LogP contribution in [0.1, 0.15) is 75.2 Å². The standard InChI is InChI=1S/C27H53N3O7Si2/c1-25(2,3)35-23(32)17(28)16-18-20(36-38(10,11)26(4,5)6)21(37-39(12,13)27(7,8)9)22(34-18)30-15-14-19(31)29-24(30)33/h17-18,20-22H,14-16,28H2,1-13H3,(H,29,31,33)/t17-,18+,20+,21+,22+/m0/s1. The van der Waals surface area contributed by atoms with Crippen molar-refractivity contribution in [3.63, 3.8) is 0 Å². The molecule has 0 radical (unpaired) electrons. The van der Waals surface area contributed by atoms with Crippen LogP contribution in [-0.2, 0) is 27.9 Å². The molecule has 0 spiro atoms. The molecular formula is C27H53N3O7Si2. The number of nitrogens with one attached hydrogen (secondary N) is 1. The van der Waals surface area contributed by atoms with Crippen molar-refractivity contribution >= 4 is 34.5 Å². The number of hydrogen-bond donors (Lipinski definition) is 2. The van der Waals surface area contributed by atoms with E-state index in [1.165, 1.54) is 4.90 Å². The van der Waals surface area contributed by atoms with Gasteiger partial charge in [-0.15, -0.1) is 0 Å². The number of urea groups is 1. The minimum absolute atomic E-state index is 0.112. The van der Waals surface area contributed by atoms with Gasteiger partial charge >= 0.3 is 12.0 Å². The molecule has 3 amide bonds. The van der Waals surface area contributed by atoms with Crippen molar-refractivity contribution in [2.24, 2.45) is 5.73 Å². The van der Waals surface area contributed by atoms with Crippen LogP contribution < -0.4 is 11.1 Å². The van der Waals surface area contributed by atoms with Crippen LogP contribution in [0.25, 0.3) is 0 Å². The van der Waals surface area contributed by atoms with Crippen molar-refractivity contribution in [3.8, 4) is 0 Å². The Kier molecular flexibility index (Phi) is 10.0. The molecule has 2 rings (SSSR count). The second kappa shape index (κ2) is 11.5. The van der Waals surface area contributed by atoms with E-state index >= 15 is 0 Å². The normalized spacial score (nSPS) is 26.5. The third-order valence-electron chi connectivity index (χ3n) is 8.35. The van der Waals surface area contributed by atoms with Crippen LogP contribution in [0.5, 0.6) is 0 Å². The zero-order valence-electron chi connectivity index (χ0n) is 26.4. The van der Waals surface area contributed by atoms with Crippen molar-refractivity contribution in [3.05, 3.63) is 0 Å². The SMILES string of the molecule is CC(C)(C)OC(=O)[C@@H](N)C[C@H]1O[C@@H](N2CCC(=O)NC2=O)[C@H](O[Si](C)(C)C(C)(C)C)[C@@H]1O[Si](C)(C)C(C)(C)C. The summed E-state index contributed by atoms with van der Waals surface area (Å²) >= 11 is 0. The molecule has 0 aliphatic carbocycles. The lowest BCUT2D eigenvalue weighted by Crippen LogP contribution is -2.60. The minimum atomic E-state index is -2.39. The van der Waals surface area contributed by atoms with Gasteiger partial charge in [-0.05, 0) is 57.0 Å². The van der Waals surface area contributed by atoms with E-state index in [9.17, 15) is 14.4 Å². The van der Waals surface area contributed by atoms with Crippen LogP contribution in [0.3, 0.4) is 0 Å². The molecule has 39 heavy (non-hydrogen) atoms. The summed E-state index contributed by atoms with van der Waals surface area (Å²) in [6, 6.07) is -1.48. The van der Waals surface area contributed by atoms with Crippen molar-refractivity contribution in [1.82, 2.24) is 10.2 Å². The van der Waals surface area contributed by atoms with Crippen LogP contribution in [0.4, 0.5) is 4.79 Å². The molecule has 5 atom stereocenters. The molecule has 0 aromatic rings. The van der Waals surface area contributed by atoms with Crippen LogP contribution in [0.15, 0.2) is 0 Å². The number of carbonyl (C=O) groups excluding carboxylic acids is 3. The van der Waals surface area contributed by atoms with E-state index in [1.54, 1.807) is 20.8 Å². The van der Waals surface area contributed by atoms with Gasteiger partial charge in [0, 0.05) is 19.4 Å². The van der Waals surface area contributed by atoms with Gasteiger partial charge < -0.3 is 24.1 Å². The van der Waals surface area contributed by atoms with Gasteiger partial charge in [0.15, 0.2) is 22.9 Å². The van der Waals surface area contributed by atoms with Gasteiger partial charge in [0.2, 0.25) is 5.91 Å². The highest BCUT2D eigenvalue weighted by atomic mass is 28.4. The fourth-order valence-electron chi connectivity index (χ4n) is 3.99. The molecule has 2 aliphatic heterocycles. The fraction of sp³-hybridized carbons (Fsp3) is 0.889. The Hall–Kier alpha value is -1.32.